The molecule has 9 heteroatoms. The first-order valence-electron chi connectivity index (χ1n) is 5.34. The van der Waals surface area contributed by atoms with E-state index in [1.54, 1.807) is 6.92 Å². The van der Waals surface area contributed by atoms with E-state index in [0.29, 0.717) is 0 Å². The van der Waals surface area contributed by atoms with Gasteiger partial charge in [-0.3, -0.25) is 10.1 Å². The normalized spacial score (nSPS) is 13.8. The highest BCUT2D eigenvalue weighted by molar-refractivity contribution is 5.68. The number of nitrogens with two attached hydrogens (primary N) is 1. The van der Waals surface area contributed by atoms with Gasteiger partial charge in [-0.2, -0.15) is 0 Å². The number of aromatic nitrogens is 2. The van der Waals surface area contributed by atoms with Crippen LogP contribution in [0.15, 0.2) is 6.33 Å². The van der Waals surface area contributed by atoms with Crippen LogP contribution in [0.2, 0.25) is 0 Å². The van der Waals surface area contributed by atoms with Gasteiger partial charge >= 0.3 is 5.69 Å². The molecule has 0 fully saturated rings. The third-order valence-corrected chi connectivity index (χ3v) is 2.65. The quantitative estimate of drug-likeness (QED) is 0.319. The van der Waals surface area contributed by atoms with Crippen molar-refractivity contribution in [3.8, 4) is 0 Å². The first kappa shape index (κ1) is 14.1. The molecular formula is C9H16N6O3. The van der Waals surface area contributed by atoms with Crippen molar-refractivity contribution in [2.45, 2.75) is 19.9 Å². The fourth-order valence-electron chi connectivity index (χ4n) is 1.28. The van der Waals surface area contributed by atoms with E-state index in [1.807, 2.05) is 6.92 Å². The third-order valence-electron chi connectivity index (χ3n) is 2.65. The molecule has 5 N–H and O–H groups in total. The van der Waals surface area contributed by atoms with Crippen molar-refractivity contribution in [3.05, 3.63) is 16.4 Å². The Kier molecular flexibility index (Phi) is 4.75. The predicted octanol–water partition coefficient (Wildman–Crippen LogP) is 0.0992. The van der Waals surface area contributed by atoms with Gasteiger partial charge in [-0.05, 0) is 12.8 Å². The van der Waals surface area contributed by atoms with Crippen molar-refractivity contribution in [1.29, 1.82) is 0 Å². The summed E-state index contributed by atoms with van der Waals surface area (Å²) in [5.41, 5.74) is 1.83. The lowest BCUT2D eigenvalue weighted by atomic mass is 10.1. The standard InChI is InChI=1S/C9H16N6O3/c1-5(3-16)6(2)13-8-7(15(17)18)9(14-10)12-4-11-8/h4-6,16H,3,10H2,1-2H3,(H2,11,12,13,14). The van der Waals surface area contributed by atoms with E-state index in [0.717, 1.165) is 0 Å². The average molecular weight is 256 g/mol. The molecule has 0 aromatic carbocycles. The molecule has 2 atom stereocenters. The summed E-state index contributed by atoms with van der Waals surface area (Å²) in [6.07, 6.45) is 1.17. The maximum absolute atomic E-state index is 11.0. The average Bonchev–Trinajstić information content (AvgIpc) is 2.36. The van der Waals surface area contributed by atoms with Crippen LogP contribution in [0.4, 0.5) is 17.3 Å². The Balaban J connectivity index is 3.05. The van der Waals surface area contributed by atoms with Gasteiger partial charge in [0.15, 0.2) is 0 Å². The second kappa shape index (κ2) is 6.07. The van der Waals surface area contributed by atoms with Crippen LogP contribution in [-0.4, -0.2) is 32.6 Å². The Morgan fingerprint density at radius 1 is 1.50 bits per heavy atom. The lowest BCUT2D eigenvalue weighted by Crippen LogP contribution is -2.27. The summed E-state index contributed by atoms with van der Waals surface area (Å²) >= 11 is 0. The van der Waals surface area contributed by atoms with Crippen LogP contribution in [0.5, 0.6) is 0 Å². The topological polar surface area (TPSA) is 139 Å². The number of hydrogen-bond donors (Lipinski definition) is 4. The van der Waals surface area contributed by atoms with Crippen LogP contribution in [0.3, 0.4) is 0 Å². The van der Waals surface area contributed by atoms with Gasteiger partial charge in [0.2, 0.25) is 11.6 Å². The second-order valence-electron chi connectivity index (χ2n) is 3.91. The van der Waals surface area contributed by atoms with Crippen molar-refractivity contribution < 1.29 is 10.0 Å². The highest BCUT2D eigenvalue weighted by atomic mass is 16.6. The summed E-state index contributed by atoms with van der Waals surface area (Å²) < 4.78 is 0. The predicted molar refractivity (Wildman–Crippen MR) is 65.8 cm³/mol. The van der Waals surface area contributed by atoms with Crippen LogP contribution in [0, 0.1) is 16.0 Å². The molecule has 18 heavy (non-hydrogen) atoms. The van der Waals surface area contributed by atoms with Crippen LogP contribution in [0.1, 0.15) is 13.8 Å². The van der Waals surface area contributed by atoms with Crippen molar-refractivity contribution in [2.24, 2.45) is 11.8 Å². The van der Waals surface area contributed by atoms with Crippen LogP contribution in [-0.2, 0) is 0 Å². The largest absolute Gasteiger partial charge is 0.396 e. The zero-order chi connectivity index (χ0) is 13.7. The van der Waals surface area contributed by atoms with Crippen molar-refractivity contribution >= 4 is 17.3 Å². The molecule has 0 bridgehead atoms. The van der Waals surface area contributed by atoms with Gasteiger partial charge in [0, 0.05) is 12.6 Å². The SMILES string of the molecule is CC(CO)C(C)Nc1ncnc(NN)c1[N+](=O)[O-]. The first-order chi connectivity index (χ1) is 8.51. The van der Waals surface area contributed by atoms with Gasteiger partial charge < -0.3 is 15.8 Å². The number of hydrazine groups is 1. The van der Waals surface area contributed by atoms with E-state index >= 15 is 0 Å². The summed E-state index contributed by atoms with van der Waals surface area (Å²) in [6.45, 7) is 3.57. The van der Waals surface area contributed by atoms with E-state index in [9.17, 15) is 10.1 Å². The molecule has 100 valence electrons. The third kappa shape index (κ3) is 3.02. The molecule has 0 aliphatic rings. The molecule has 0 radical (unpaired) electrons. The molecule has 1 rings (SSSR count). The van der Waals surface area contributed by atoms with E-state index < -0.39 is 4.92 Å². The first-order valence-corrected chi connectivity index (χ1v) is 5.34. The van der Waals surface area contributed by atoms with Crippen molar-refractivity contribution in [1.82, 2.24) is 9.97 Å². The lowest BCUT2D eigenvalue weighted by molar-refractivity contribution is -0.383. The summed E-state index contributed by atoms with van der Waals surface area (Å²) in [7, 11) is 0. The Labute approximate surface area is 104 Å². The fourth-order valence-corrected chi connectivity index (χ4v) is 1.28. The molecule has 1 aromatic rings. The maximum atomic E-state index is 11.0. The van der Waals surface area contributed by atoms with Gasteiger partial charge in [0.25, 0.3) is 0 Å². The minimum absolute atomic E-state index is 0.0327. The number of hydrogen-bond acceptors (Lipinski definition) is 8. The Bertz CT molecular complexity index is 427. The summed E-state index contributed by atoms with van der Waals surface area (Å²) in [5, 5.41) is 22.9. The lowest BCUT2D eigenvalue weighted by Gasteiger charge is -2.19. The number of anilines is 2. The number of aliphatic hydroxyl groups is 1. The van der Waals surface area contributed by atoms with Gasteiger partial charge in [-0.25, -0.2) is 15.8 Å². The Hall–Kier alpha value is -2.00. The zero-order valence-electron chi connectivity index (χ0n) is 10.1. The smallest absolute Gasteiger partial charge is 0.354 e. The summed E-state index contributed by atoms with van der Waals surface area (Å²) in [6, 6.07) is -0.186. The fraction of sp³-hybridized carbons (Fsp3) is 0.556. The van der Waals surface area contributed by atoms with Gasteiger partial charge in [-0.1, -0.05) is 6.92 Å². The highest BCUT2D eigenvalue weighted by Gasteiger charge is 2.24. The number of nitrogens with zero attached hydrogens (tertiary/aromatic N) is 3. The van der Waals surface area contributed by atoms with Gasteiger partial charge in [-0.15, -0.1) is 0 Å². The van der Waals surface area contributed by atoms with Crippen molar-refractivity contribution in [3.63, 3.8) is 0 Å². The Morgan fingerprint density at radius 3 is 2.61 bits per heavy atom. The Morgan fingerprint density at radius 2 is 2.11 bits per heavy atom. The monoisotopic (exact) mass is 256 g/mol. The number of nitrogens with one attached hydrogen (secondary N) is 2. The van der Waals surface area contributed by atoms with E-state index in [2.05, 4.69) is 20.7 Å². The highest BCUT2D eigenvalue weighted by Crippen LogP contribution is 2.29. The molecule has 0 saturated carbocycles. The van der Waals surface area contributed by atoms with E-state index in [1.165, 1.54) is 6.33 Å². The maximum Gasteiger partial charge on any atom is 0.354 e. The molecule has 0 amide bonds. The minimum Gasteiger partial charge on any atom is -0.396 e. The number of rotatable bonds is 6. The summed E-state index contributed by atoms with van der Waals surface area (Å²) in [4.78, 5) is 17.8. The molecule has 1 heterocycles. The number of nitrogen functional groups attached to an aromatic ring is 1. The van der Waals surface area contributed by atoms with E-state index in [4.69, 9.17) is 10.9 Å². The molecule has 0 aliphatic heterocycles. The van der Waals surface area contributed by atoms with Gasteiger partial charge in [0.05, 0.1) is 4.92 Å². The molecule has 2 unspecified atom stereocenters. The van der Waals surface area contributed by atoms with E-state index in [-0.39, 0.29) is 35.9 Å². The molecule has 1 aromatic heterocycles. The number of aliphatic hydroxyl groups excluding tert-OH is 1. The van der Waals surface area contributed by atoms with Crippen LogP contribution >= 0.6 is 0 Å². The zero-order valence-corrected chi connectivity index (χ0v) is 10.1. The number of nitro groups is 1. The molecular weight excluding hydrogens is 240 g/mol. The molecule has 0 aliphatic carbocycles. The molecule has 0 spiro atoms. The second-order valence-corrected chi connectivity index (χ2v) is 3.91. The molecule has 0 saturated heterocycles. The van der Waals surface area contributed by atoms with Gasteiger partial charge in [0.1, 0.15) is 6.33 Å². The summed E-state index contributed by atoms with van der Waals surface area (Å²) in [5.74, 6) is 5.08. The van der Waals surface area contributed by atoms with Crippen LogP contribution in [0.25, 0.3) is 0 Å². The minimum atomic E-state index is -0.617. The van der Waals surface area contributed by atoms with Crippen LogP contribution < -0.4 is 16.6 Å². The van der Waals surface area contributed by atoms with Crippen molar-refractivity contribution in [2.75, 3.05) is 17.3 Å². The molecule has 9 nitrogen and oxygen atoms in total.